The second-order valence-electron chi connectivity index (χ2n) is 6.81. The van der Waals surface area contributed by atoms with Crippen molar-refractivity contribution >= 4 is 29.4 Å². The molecule has 1 atom stereocenters. The van der Waals surface area contributed by atoms with E-state index in [1.54, 1.807) is 13.8 Å². The largest absolute Gasteiger partial charge is 0.466 e. The van der Waals surface area contributed by atoms with Crippen molar-refractivity contribution in [1.82, 2.24) is 20.4 Å². The first-order valence-corrected chi connectivity index (χ1v) is 9.46. The fraction of sp³-hybridized carbons (Fsp3) is 0.611. The van der Waals surface area contributed by atoms with Crippen molar-refractivity contribution < 1.29 is 23.9 Å². The van der Waals surface area contributed by atoms with E-state index in [9.17, 15) is 19.2 Å². The number of esters is 1. The molecule has 1 fully saturated rings. The Morgan fingerprint density at radius 2 is 1.96 bits per heavy atom. The van der Waals surface area contributed by atoms with Crippen LogP contribution in [0.15, 0.2) is 12.4 Å². The van der Waals surface area contributed by atoms with Crippen molar-refractivity contribution in [3.05, 3.63) is 12.4 Å². The van der Waals surface area contributed by atoms with Crippen LogP contribution in [0.1, 0.15) is 46.0 Å². The van der Waals surface area contributed by atoms with Gasteiger partial charge in [-0.1, -0.05) is 12.8 Å². The Labute approximate surface area is 163 Å². The van der Waals surface area contributed by atoms with Gasteiger partial charge in [0.25, 0.3) is 0 Å². The second kappa shape index (κ2) is 10.4. The number of amides is 3. The van der Waals surface area contributed by atoms with E-state index in [1.165, 1.54) is 17.1 Å². The summed E-state index contributed by atoms with van der Waals surface area (Å²) in [5, 5.41) is 11.8. The summed E-state index contributed by atoms with van der Waals surface area (Å²) in [4.78, 5) is 47.3. The lowest BCUT2D eigenvalue weighted by molar-refractivity contribution is -0.144. The van der Waals surface area contributed by atoms with E-state index < -0.39 is 23.8 Å². The maximum atomic E-state index is 12.0. The Morgan fingerprint density at radius 1 is 1.25 bits per heavy atom. The standard InChI is InChI=1S/C18H27N5O5/c1-3-28-16(25)8-12(2)20-17(26)18(27)22-14-9-19-23(10-14)11-15(24)21-13-6-4-5-7-13/h9-10,12-13H,3-8,11H2,1-2H3,(H,20,26)(H,21,24)(H,22,27). The average molecular weight is 393 g/mol. The van der Waals surface area contributed by atoms with Crippen molar-refractivity contribution in [2.45, 2.75) is 64.6 Å². The minimum absolute atomic E-state index is 0.0269. The molecule has 10 nitrogen and oxygen atoms in total. The summed E-state index contributed by atoms with van der Waals surface area (Å²) in [7, 11) is 0. The topological polar surface area (TPSA) is 131 Å². The van der Waals surface area contributed by atoms with Gasteiger partial charge in [0.1, 0.15) is 6.54 Å². The van der Waals surface area contributed by atoms with Crippen LogP contribution in [-0.2, 0) is 30.5 Å². The van der Waals surface area contributed by atoms with Gasteiger partial charge in [-0.15, -0.1) is 0 Å². The van der Waals surface area contributed by atoms with Gasteiger partial charge in [-0.2, -0.15) is 5.10 Å². The van der Waals surface area contributed by atoms with Crippen molar-refractivity contribution in [3.8, 4) is 0 Å². The first kappa shape index (κ1) is 21.4. The molecule has 2 rings (SSSR count). The lowest BCUT2D eigenvalue weighted by Crippen LogP contribution is -2.41. The number of rotatable bonds is 8. The number of anilines is 1. The lowest BCUT2D eigenvalue weighted by atomic mass is 10.2. The highest BCUT2D eigenvalue weighted by molar-refractivity contribution is 6.39. The molecule has 1 aliphatic carbocycles. The summed E-state index contributed by atoms with van der Waals surface area (Å²) in [6, 6.07) is -0.318. The zero-order chi connectivity index (χ0) is 20.5. The first-order chi connectivity index (χ1) is 13.4. The van der Waals surface area contributed by atoms with Gasteiger partial charge in [0.15, 0.2) is 0 Å². The molecule has 28 heavy (non-hydrogen) atoms. The Hall–Kier alpha value is -2.91. The monoisotopic (exact) mass is 393 g/mol. The van der Waals surface area contributed by atoms with Crippen LogP contribution in [0.3, 0.4) is 0 Å². The van der Waals surface area contributed by atoms with Crippen LogP contribution in [0.4, 0.5) is 5.69 Å². The van der Waals surface area contributed by atoms with Crippen molar-refractivity contribution in [2.24, 2.45) is 0 Å². The number of ether oxygens (including phenoxy) is 1. The molecule has 1 aromatic heterocycles. The maximum Gasteiger partial charge on any atom is 0.313 e. The highest BCUT2D eigenvalue weighted by Crippen LogP contribution is 2.17. The van der Waals surface area contributed by atoms with Gasteiger partial charge in [0, 0.05) is 18.3 Å². The molecule has 1 aliphatic rings. The van der Waals surface area contributed by atoms with Crippen molar-refractivity contribution in [1.29, 1.82) is 0 Å². The van der Waals surface area contributed by atoms with Gasteiger partial charge < -0.3 is 20.7 Å². The third-order valence-electron chi connectivity index (χ3n) is 4.28. The number of hydrogen-bond acceptors (Lipinski definition) is 6. The van der Waals surface area contributed by atoms with Crippen LogP contribution >= 0.6 is 0 Å². The van der Waals surface area contributed by atoms with Crippen molar-refractivity contribution in [2.75, 3.05) is 11.9 Å². The molecule has 3 N–H and O–H groups in total. The van der Waals surface area contributed by atoms with Crippen LogP contribution in [-0.4, -0.2) is 52.2 Å². The first-order valence-electron chi connectivity index (χ1n) is 9.46. The molecule has 0 spiro atoms. The van der Waals surface area contributed by atoms with E-state index in [4.69, 9.17) is 4.74 Å². The van der Waals surface area contributed by atoms with E-state index in [2.05, 4.69) is 21.0 Å². The molecular formula is C18H27N5O5. The van der Waals surface area contributed by atoms with Crippen LogP contribution in [0.25, 0.3) is 0 Å². The van der Waals surface area contributed by atoms with Crippen LogP contribution in [0.2, 0.25) is 0 Å². The molecule has 0 bridgehead atoms. The van der Waals surface area contributed by atoms with E-state index >= 15 is 0 Å². The summed E-state index contributed by atoms with van der Waals surface area (Å²) in [5.41, 5.74) is 0.298. The SMILES string of the molecule is CCOC(=O)CC(C)NC(=O)C(=O)Nc1cnn(CC(=O)NC2CCCC2)c1. The Bertz CT molecular complexity index is 711. The quantitative estimate of drug-likeness (QED) is 0.431. The molecule has 0 aliphatic heterocycles. The molecule has 1 heterocycles. The Kier molecular flexibility index (Phi) is 7.97. The summed E-state index contributed by atoms with van der Waals surface area (Å²) >= 11 is 0. The predicted molar refractivity (Wildman–Crippen MR) is 100 cm³/mol. The smallest absolute Gasteiger partial charge is 0.313 e. The molecular weight excluding hydrogens is 366 g/mol. The highest BCUT2D eigenvalue weighted by atomic mass is 16.5. The molecule has 1 unspecified atom stereocenters. The van der Waals surface area contributed by atoms with Gasteiger partial charge in [-0.3, -0.25) is 23.9 Å². The molecule has 0 aromatic carbocycles. The maximum absolute atomic E-state index is 12.0. The van der Waals surface area contributed by atoms with E-state index in [0.29, 0.717) is 5.69 Å². The van der Waals surface area contributed by atoms with E-state index in [0.717, 1.165) is 25.7 Å². The van der Waals surface area contributed by atoms with Gasteiger partial charge in [-0.05, 0) is 26.7 Å². The van der Waals surface area contributed by atoms with Crippen LogP contribution < -0.4 is 16.0 Å². The van der Waals surface area contributed by atoms with Gasteiger partial charge in [0.05, 0.1) is 24.9 Å². The molecule has 10 heteroatoms. The zero-order valence-corrected chi connectivity index (χ0v) is 16.2. The van der Waals surface area contributed by atoms with Crippen LogP contribution in [0, 0.1) is 0 Å². The minimum atomic E-state index is -0.884. The minimum Gasteiger partial charge on any atom is -0.466 e. The number of aromatic nitrogens is 2. The molecule has 3 amide bonds. The number of nitrogens with zero attached hydrogens (tertiary/aromatic N) is 2. The number of nitrogens with one attached hydrogen (secondary N) is 3. The number of hydrogen-bond donors (Lipinski definition) is 3. The average Bonchev–Trinajstić information content (AvgIpc) is 3.26. The third-order valence-corrected chi connectivity index (χ3v) is 4.28. The van der Waals surface area contributed by atoms with Crippen molar-refractivity contribution in [3.63, 3.8) is 0 Å². The molecule has 1 aromatic rings. The predicted octanol–water partition coefficient (Wildman–Crippen LogP) is 0.338. The third kappa shape index (κ3) is 7.01. The normalized spacial score (nSPS) is 14.9. The van der Waals surface area contributed by atoms with E-state index in [1.807, 2.05) is 0 Å². The molecule has 0 radical (unpaired) electrons. The molecule has 0 saturated heterocycles. The van der Waals surface area contributed by atoms with E-state index in [-0.39, 0.29) is 31.5 Å². The summed E-state index contributed by atoms with van der Waals surface area (Å²) in [6.45, 7) is 3.58. The highest BCUT2D eigenvalue weighted by Gasteiger charge is 2.20. The summed E-state index contributed by atoms with van der Waals surface area (Å²) in [5.74, 6) is -2.35. The van der Waals surface area contributed by atoms with Gasteiger partial charge >= 0.3 is 17.8 Å². The molecule has 154 valence electrons. The fourth-order valence-electron chi connectivity index (χ4n) is 3.00. The number of carbonyl (C=O) groups excluding carboxylic acids is 4. The Balaban J connectivity index is 1.76. The van der Waals surface area contributed by atoms with Gasteiger partial charge in [-0.25, -0.2) is 0 Å². The zero-order valence-electron chi connectivity index (χ0n) is 16.2. The van der Waals surface area contributed by atoms with Crippen LogP contribution in [0.5, 0.6) is 0 Å². The Morgan fingerprint density at radius 3 is 2.64 bits per heavy atom. The fourth-order valence-corrected chi connectivity index (χ4v) is 3.00. The molecule has 1 saturated carbocycles. The summed E-state index contributed by atoms with van der Waals surface area (Å²) < 4.78 is 6.18. The number of carbonyl (C=O) groups is 4. The summed E-state index contributed by atoms with van der Waals surface area (Å²) in [6.07, 6.45) is 7.05. The van der Waals surface area contributed by atoms with Gasteiger partial charge in [0.2, 0.25) is 5.91 Å². The lowest BCUT2D eigenvalue weighted by Gasteiger charge is -2.12. The second-order valence-corrected chi connectivity index (χ2v) is 6.81.